The van der Waals surface area contributed by atoms with Gasteiger partial charge in [-0.1, -0.05) is 0 Å². The van der Waals surface area contributed by atoms with Crippen molar-refractivity contribution in [3.05, 3.63) is 18.1 Å². The maximum Gasteiger partial charge on any atom is 0.274 e. The van der Waals surface area contributed by atoms with Crippen molar-refractivity contribution < 1.29 is 9.53 Å². The van der Waals surface area contributed by atoms with Crippen LogP contribution in [0, 0.1) is 0 Å². The van der Waals surface area contributed by atoms with Gasteiger partial charge in [0.15, 0.2) is 0 Å². The van der Waals surface area contributed by atoms with Gasteiger partial charge in [-0.15, -0.1) is 0 Å². The first-order valence-electron chi connectivity index (χ1n) is 6.57. The number of anilines is 1. The number of nitrogens with zero attached hydrogens (tertiary/aromatic N) is 3. The largest absolute Gasteiger partial charge is 0.385 e. The van der Waals surface area contributed by atoms with Crippen molar-refractivity contribution in [2.45, 2.75) is 20.3 Å². The Balaban J connectivity index is 2.53. The molecule has 0 aliphatic heterocycles. The van der Waals surface area contributed by atoms with Crippen LogP contribution >= 0.6 is 0 Å². The van der Waals surface area contributed by atoms with E-state index >= 15 is 0 Å². The van der Waals surface area contributed by atoms with E-state index in [1.807, 2.05) is 13.8 Å². The van der Waals surface area contributed by atoms with E-state index < -0.39 is 0 Å². The predicted octanol–water partition coefficient (Wildman–Crippen LogP) is 1.41. The summed E-state index contributed by atoms with van der Waals surface area (Å²) in [5.74, 6) is 0.593. The van der Waals surface area contributed by atoms with Crippen LogP contribution in [-0.4, -0.2) is 54.1 Å². The van der Waals surface area contributed by atoms with Crippen LogP contribution in [0.1, 0.15) is 30.8 Å². The number of aromatic nitrogens is 2. The Kier molecular flexibility index (Phi) is 6.81. The molecule has 0 radical (unpaired) electrons. The van der Waals surface area contributed by atoms with E-state index in [-0.39, 0.29) is 5.91 Å². The number of methoxy groups -OCH3 is 1. The first-order chi connectivity index (χ1) is 9.22. The molecule has 0 saturated heterocycles. The molecule has 1 aromatic heterocycles. The summed E-state index contributed by atoms with van der Waals surface area (Å²) in [4.78, 5) is 22.1. The molecule has 0 saturated carbocycles. The van der Waals surface area contributed by atoms with Crippen molar-refractivity contribution in [2.75, 3.05) is 38.7 Å². The van der Waals surface area contributed by atoms with Gasteiger partial charge in [-0.25, -0.2) is 9.97 Å². The van der Waals surface area contributed by atoms with Gasteiger partial charge in [-0.3, -0.25) is 4.79 Å². The summed E-state index contributed by atoms with van der Waals surface area (Å²) in [6.07, 6.45) is 4.00. The molecule has 106 valence electrons. The van der Waals surface area contributed by atoms with Gasteiger partial charge in [0.2, 0.25) is 0 Å². The van der Waals surface area contributed by atoms with Gasteiger partial charge in [0.1, 0.15) is 11.5 Å². The van der Waals surface area contributed by atoms with Gasteiger partial charge in [0.05, 0.1) is 12.4 Å². The van der Waals surface area contributed by atoms with Gasteiger partial charge >= 0.3 is 0 Å². The Hall–Kier alpha value is -1.69. The van der Waals surface area contributed by atoms with Crippen LogP contribution < -0.4 is 5.32 Å². The van der Waals surface area contributed by atoms with Crippen LogP contribution in [0.25, 0.3) is 0 Å². The molecule has 0 bridgehead atoms. The zero-order chi connectivity index (χ0) is 14.1. The molecule has 0 spiro atoms. The van der Waals surface area contributed by atoms with E-state index in [9.17, 15) is 4.79 Å². The summed E-state index contributed by atoms with van der Waals surface area (Å²) in [6, 6.07) is 0. The van der Waals surface area contributed by atoms with Gasteiger partial charge in [-0.2, -0.15) is 0 Å². The lowest BCUT2D eigenvalue weighted by Gasteiger charge is -2.17. The fraction of sp³-hybridized carbons (Fsp3) is 0.615. The lowest BCUT2D eigenvalue weighted by Crippen LogP contribution is -2.31. The molecule has 6 heteroatoms. The van der Waals surface area contributed by atoms with Gasteiger partial charge in [-0.05, 0) is 20.3 Å². The number of nitrogens with one attached hydrogen (secondary N) is 1. The van der Waals surface area contributed by atoms with Crippen LogP contribution in [0.5, 0.6) is 0 Å². The normalized spacial score (nSPS) is 10.3. The first kappa shape index (κ1) is 15.4. The quantitative estimate of drug-likeness (QED) is 0.720. The number of carbonyl (C=O) groups excluding carboxylic acids is 1. The summed E-state index contributed by atoms with van der Waals surface area (Å²) >= 11 is 0. The molecular formula is C13H22N4O2. The third-order valence-corrected chi connectivity index (χ3v) is 2.75. The highest BCUT2D eigenvalue weighted by molar-refractivity contribution is 5.92. The summed E-state index contributed by atoms with van der Waals surface area (Å²) in [6.45, 7) is 6.72. The second kappa shape index (κ2) is 8.42. The molecule has 1 rings (SSSR count). The molecule has 0 fully saturated rings. The Morgan fingerprint density at radius 3 is 2.58 bits per heavy atom. The number of carbonyl (C=O) groups is 1. The number of hydrogen-bond acceptors (Lipinski definition) is 5. The average molecular weight is 266 g/mol. The van der Waals surface area contributed by atoms with E-state index in [1.165, 1.54) is 6.20 Å². The van der Waals surface area contributed by atoms with Gasteiger partial charge in [0.25, 0.3) is 5.91 Å². The molecule has 1 amide bonds. The molecule has 0 atom stereocenters. The molecule has 0 unspecified atom stereocenters. The maximum atomic E-state index is 12.0. The SMILES string of the molecule is CCN(CC)C(=O)c1cnc(NCCCOC)cn1. The van der Waals surface area contributed by atoms with Crippen molar-refractivity contribution in [1.29, 1.82) is 0 Å². The molecule has 1 heterocycles. The van der Waals surface area contributed by atoms with Crippen molar-refractivity contribution in [1.82, 2.24) is 14.9 Å². The zero-order valence-electron chi connectivity index (χ0n) is 11.8. The van der Waals surface area contributed by atoms with Crippen molar-refractivity contribution in [3.8, 4) is 0 Å². The second-order valence-corrected chi connectivity index (χ2v) is 4.04. The minimum absolute atomic E-state index is 0.0802. The van der Waals surface area contributed by atoms with Crippen LogP contribution in [0.2, 0.25) is 0 Å². The third-order valence-electron chi connectivity index (χ3n) is 2.75. The van der Waals surface area contributed by atoms with Gasteiger partial charge in [0, 0.05) is 33.4 Å². The molecule has 0 aliphatic rings. The molecule has 0 aromatic carbocycles. The van der Waals surface area contributed by atoms with E-state index in [0.717, 1.165) is 13.0 Å². The lowest BCUT2D eigenvalue weighted by atomic mass is 10.3. The van der Waals surface area contributed by atoms with Crippen LogP contribution in [0.4, 0.5) is 5.82 Å². The number of amides is 1. The van der Waals surface area contributed by atoms with E-state index in [4.69, 9.17) is 4.74 Å². The Bertz CT molecular complexity index is 377. The minimum atomic E-state index is -0.0802. The zero-order valence-corrected chi connectivity index (χ0v) is 11.8. The van der Waals surface area contributed by atoms with E-state index in [0.29, 0.717) is 31.2 Å². The molecule has 6 nitrogen and oxygen atoms in total. The third kappa shape index (κ3) is 4.82. The number of rotatable bonds is 8. The summed E-state index contributed by atoms with van der Waals surface area (Å²) in [7, 11) is 1.67. The Morgan fingerprint density at radius 1 is 1.32 bits per heavy atom. The minimum Gasteiger partial charge on any atom is -0.385 e. The van der Waals surface area contributed by atoms with Crippen LogP contribution in [0.15, 0.2) is 12.4 Å². The summed E-state index contributed by atoms with van der Waals surface area (Å²) in [5, 5.41) is 3.12. The number of ether oxygens (including phenoxy) is 1. The first-order valence-corrected chi connectivity index (χ1v) is 6.57. The highest BCUT2D eigenvalue weighted by Crippen LogP contribution is 2.04. The van der Waals surface area contributed by atoms with Crippen molar-refractivity contribution in [2.24, 2.45) is 0 Å². The highest BCUT2D eigenvalue weighted by Gasteiger charge is 2.13. The fourth-order valence-electron chi connectivity index (χ4n) is 1.64. The average Bonchev–Trinajstić information content (AvgIpc) is 2.45. The summed E-state index contributed by atoms with van der Waals surface area (Å²) < 4.78 is 4.96. The monoisotopic (exact) mass is 266 g/mol. The second-order valence-electron chi connectivity index (χ2n) is 4.04. The summed E-state index contributed by atoms with van der Waals surface area (Å²) in [5.41, 5.74) is 0.381. The maximum absolute atomic E-state index is 12.0. The molecule has 1 aromatic rings. The van der Waals surface area contributed by atoms with Crippen molar-refractivity contribution >= 4 is 11.7 Å². The predicted molar refractivity (Wildman–Crippen MR) is 74.3 cm³/mol. The van der Waals surface area contributed by atoms with Gasteiger partial charge < -0.3 is 15.0 Å². The molecule has 1 N–H and O–H groups in total. The van der Waals surface area contributed by atoms with Crippen LogP contribution in [0.3, 0.4) is 0 Å². The highest BCUT2D eigenvalue weighted by atomic mass is 16.5. The topological polar surface area (TPSA) is 67.4 Å². The van der Waals surface area contributed by atoms with E-state index in [2.05, 4.69) is 15.3 Å². The van der Waals surface area contributed by atoms with E-state index in [1.54, 1.807) is 18.2 Å². The smallest absolute Gasteiger partial charge is 0.274 e. The van der Waals surface area contributed by atoms with Crippen LogP contribution in [-0.2, 0) is 4.74 Å². The lowest BCUT2D eigenvalue weighted by molar-refractivity contribution is 0.0766. The standard InChI is InChI=1S/C13H22N4O2/c1-4-17(5-2)13(18)11-9-16-12(10-15-11)14-7-6-8-19-3/h9-10H,4-8H2,1-3H3,(H,14,16). The fourth-order valence-corrected chi connectivity index (χ4v) is 1.64. The Labute approximate surface area is 114 Å². The molecule has 0 aliphatic carbocycles. The van der Waals surface area contributed by atoms with Crippen molar-refractivity contribution in [3.63, 3.8) is 0 Å². The molecular weight excluding hydrogens is 244 g/mol. The molecule has 19 heavy (non-hydrogen) atoms. The Morgan fingerprint density at radius 2 is 2.05 bits per heavy atom. The number of hydrogen-bond donors (Lipinski definition) is 1.